The number of hydrogen-bond donors (Lipinski definition) is 1. The van der Waals surface area contributed by atoms with Gasteiger partial charge in [-0.05, 0) is 85.0 Å². The summed E-state index contributed by atoms with van der Waals surface area (Å²) in [6, 6.07) is 6.68. The number of nitrogens with two attached hydrogens (primary N) is 1. The van der Waals surface area contributed by atoms with Gasteiger partial charge in [0.15, 0.2) is 0 Å². The normalized spacial score (nSPS) is 40.4. The molecule has 4 unspecified atom stereocenters. The fraction of sp³-hybridized carbons (Fsp3) is 0.667. The van der Waals surface area contributed by atoms with Crippen molar-refractivity contribution in [2.24, 2.45) is 17.3 Å². The minimum Gasteiger partial charge on any atom is -0.399 e. The highest BCUT2D eigenvalue weighted by molar-refractivity contribution is 5.47. The molecule has 2 N–H and O–H groups in total. The molecule has 0 aromatic heterocycles. The maximum absolute atomic E-state index is 5.96. The second-order valence-corrected chi connectivity index (χ2v) is 7.46. The van der Waals surface area contributed by atoms with Crippen LogP contribution in [0.5, 0.6) is 0 Å². The van der Waals surface area contributed by atoms with Gasteiger partial charge in [0, 0.05) is 5.69 Å². The van der Waals surface area contributed by atoms with Crippen molar-refractivity contribution in [3.8, 4) is 0 Å². The van der Waals surface area contributed by atoms with E-state index in [-0.39, 0.29) is 0 Å². The van der Waals surface area contributed by atoms with Gasteiger partial charge in [0.2, 0.25) is 0 Å². The summed E-state index contributed by atoms with van der Waals surface area (Å²) in [6.07, 6.45) is 9.96. The summed E-state index contributed by atoms with van der Waals surface area (Å²) in [4.78, 5) is 0. The molecule has 0 amide bonds. The van der Waals surface area contributed by atoms with E-state index in [1.165, 1.54) is 44.9 Å². The van der Waals surface area contributed by atoms with Crippen molar-refractivity contribution in [3.05, 3.63) is 29.3 Å². The van der Waals surface area contributed by atoms with E-state index in [0.29, 0.717) is 5.41 Å². The molecule has 0 bridgehead atoms. The van der Waals surface area contributed by atoms with Crippen LogP contribution in [0.4, 0.5) is 5.69 Å². The van der Waals surface area contributed by atoms with Gasteiger partial charge in [-0.2, -0.15) is 0 Å². The third kappa shape index (κ3) is 1.67. The zero-order valence-corrected chi connectivity index (χ0v) is 12.0. The molecule has 1 aromatic carbocycles. The predicted octanol–water partition coefficient (Wildman–Crippen LogP) is 4.52. The van der Waals surface area contributed by atoms with E-state index in [9.17, 15) is 0 Å². The van der Waals surface area contributed by atoms with Gasteiger partial charge in [-0.25, -0.2) is 0 Å². The summed E-state index contributed by atoms with van der Waals surface area (Å²) >= 11 is 0. The molecule has 0 aliphatic heterocycles. The summed E-state index contributed by atoms with van der Waals surface area (Å²) < 4.78 is 0. The smallest absolute Gasteiger partial charge is 0.0316 e. The van der Waals surface area contributed by atoms with Gasteiger partial charge in [-0.3, -0.25) is 0 Å². The Morgan fingerprint density at radius 3 is 2.95 bits per heavy atom. The standard InChI is InChI=1S/C18H25N/c1-18-9-2-3-17(18)16-6-4-12-11-13(19)5-7-14(12)15(16)8-10-18/h5,7,11,15-17H,2-4,6,8-10,19H2,1H3. The Morgan fingerprint density at radius 1 is 1.16 bits per heavy atom. The van der Waals surface area contributed by atoms with Crippen LogP contribution in [0.25, 0.3) is 0 Å². The molecular formula is C18H25N. The Morgan fingerprint density at radius 2 is 2.05 bits per heavy atom. The van der Waals surface area contributed by atoms with Gasteiger partial charge >= 0.3 is 0 Å². The summed E-state index contributed by atoms with van der Waals surface area (Å²) in [7, 11) is 0. The zero-order chi connectivity index (χ0) is 13.0. The first-order chi connectivity index (χ1) is 9.17. The van der Waals surface area contributed by atoms with Gasteiger partial charge in [-0.15, -0.1) is 0 Å². The van der Waals surface area contributed by atoms with Crippen molar-refractivity contribution in [2.45, 2.75) is 57.8 Å². The molecule has 1 nitrogen and oxygen atoms in total. The van der Waals surface area contributed by atoms with Crippen LogP contribution in [-0.4, -0.2) is 0 Å². The Hall–Kier alpha value is -0.980. The van der Waals surface area contributed by atoms with Crippen LogP contribution in [0.1, 0.15) is 62.5 Å². The van der Waals surface area contributed by atoms with Crippen LogP contribution in [0.2, 0.25) is 0 Å². The maximum atomic E-state index is 5.96. The number of fused-ring (bicyclic) bond motifs is 5. The molecule has 2 saturated carbocycles. The third-order valence-corrected chi connectivity index (χ3v) is 6.53. The van der Waals surface area contributed by atoms with Crippen molar-refractivity contribution in [1.82, 2.24) is 0 Å². The van der Waals surface area contributed by atoms with Gasteiger partial charge < -0.3 is 5.73 Å². The predicted molar refractivity (Wildman–Crippen MR) is 80.1 cm³/mol. The molecule has 0 spiro atoms. The van der Waals surface area contributed by atoms with Crippen LogP contribution in [0.3, 0.4) is 0 Å². The topological polar surface area (TPSA) is 26.0 Å². The number of benzene rings is 1. The lowest BCUT2D eigenvalue weighted by Gasteiger charge is -2.49. The highest BCUT2D eigenvalue weighted by atomic mass is 14.6. The first-order valence-electron chi connectivity index (χ1n) is 8.06. The van der Waals surface area contributed by atoms with Crippen LogP contribution in [-0.2, 0) is 6.42 Å². The van der Waals surface area contributed by atoms with Crippen LogP contribution < -0.4 is 5.73 Å². The molecule has 3 aliphatic rings. The first-order valence-corrected chi connectivity index (χ1v) is 8.06. The van der Waals surface area contributed by atoms with E-state index in [1.54, 1.807) is 11.1 Å². The number of aryl methyl sites for hydroxylation is 1. The van der Waals surface area contributed by atoms with E-state index >= 15 is 0 Å². The Balaban J connectivity index is 1.72. The summed E-state index contributed by atoms with van der Waals surface area (Å²) in [5.74, 6) is 2.79. The van der Waals surface area contributed by atoms with Gasteiger partial charge in [-0.1, -0.05) is 19.4 Å². The maximum Gasteiger partial charge on any atom is 0.0316 e. The van der Waals surface area contributed by atoms with Crippen molar-refractivity contribution in [1.29, 1.82) is 0 Å². The summed E-state index contributed by atoms with van der Waals surface area (Å²) in [5.41, 5.74) is 10.8. The fourth-order valence-corrected chi connectivity index (χ4v) is 5.60. The van der Waals surface area contributed by atoms with E-state index in [4.69, 9.17) is 5.73 Å². The van der Waals surface area contributed by atoms with E-state index in [0.717, 1.165) is 23.4 Å². The molecule has 3 aliphatic carbocycles. The lowest BCUT2D eigenvalue weighted by Crippen LogP contribution is -2.39. The third-order valence-electron chi connectivity index (χ3n) is 6.53. The largest absolute Gasteiger partial charge is 0.399 e. The molecule has 4 rings (SSSR count). The average molecular weight is 255 g/mol. The SMILES string of the molecule is CC12CCCC1C1CCc3cc(N)ccc3C1CC2. The molecule has 19 heavy (non-hydrogen) atoms. The summed E-state index contributed by atoms with van der Waals surface area (Å²) in [5, 5.41) is 0. The van der Waals surface area contributed by atoms with E-state index < -0.39 is 0 Å². The lowest BCUT2D eigenvalue weighted by molar-refractivity contribution is 0.0599. The highest BCUT2D eigenvalue weighted by Gasteiger charge is 2.49. The minimum atomic E-state index is 0.673. The Labute approximate surface area is 116 Å². The van der Waals surface area contributed by atoms with E-state index in [2.05, 4.69) is 25.1 Å². The van der Waals surface area contributed by atoms with Gasteiger partial charge in [0.1, 0.15) is 0 Å². The van der Waals surface area contributed by atoms with Gasteiger partial charge in [0.05, 0.1) is 0 Å². The number of rotatable bonds is 0. The van der Waals surface area contributed by atoms with E-state index in [1.807, 2.05) is 0 Å². The molecule has 0 heterocycles. The molecular weight excluding hydrogens is 230 g/mol. The van der Waals surface area contributed by atoms with Crippen molar-refractivity contribution >= 4 is 5.69 Å². The monoisotopic (exact) mass is 255 g/mol. The Bertz CT molecular complexity index is 506. The fourth-order valence-electron chi connectivity index (χ4n) is 5.60. The zero-order valence-electron chi connectivity index (χ0n) is 12.0. The number of nitrogen functional groups attached to an aromatic ring is 1. The van der Waals surface area contributed by atoms with Crippen LogP contribution >= 0.6 is 0 Å². The molecule has 1 heteroatoms. The average Bonchev–Trinajstić information content (AvgIpc) is 2.79. The second kappa shape index (κ2) is 4.01. The van der Waals surface area contributed by atoms with Crippen LogP contribution in [0, 0.1) is 17.3 Å². The number of hydrogen-bond acceptors (Lipinski definition) is 1. The summed E-state index contributed by atoms with van der Waals surface area (Å²) in [6.45, 7) is 2.57. The first kappa shape index (κ1) is 11.8. The quantitative estimate of drug-likeness (QED) is 0.678. The van der Waals surface area contributed by atoms with Crippen molar-refractivity contribution < 1.29 is 0 Å². The molecule has 0 saturated heterocycles. The van der Waals surface area contributed by atoms with Crippen molar-refractivity contribution in [2.75, 3.05) is 5.73 Å². The molecule has 102 valence electrons. The van der Waals surface area contributed by atoms with Crippen LogP contribution in [0.15, 0.2) is 18.2 Å². The molecule has 0 radical (unpaired) electrons. The second-order valence-electron chi connectivity index (χ2n) is 7.46. The minimum absolute atomic E-state index is 0.673. The molecule has 1 aromatic rings. The molecule has 2 fully saturated rings. The van der Waals surface area contributed by atoms with Gasteiger partial charge in [0.25, 0.3) is 0 Å². The van der Waals surface area contributed by atoms with Crippen molar-refractivity contribution in [3.63, 3.8) is 0 Å². The lowest BCUT2D eigenvalue weighted by atomic mass is 9.56. The number of anilines is 1. The highest BCUT2D eigenvalue weighted by Crippen LogP contribution is 2.60. The Kier molecular flexibility index (Phi) is 2.49. The molecule has 4 atom stereocenters.